The summed E-state index contributed by atoms with van der Waals surface area (Å²) in [7, 11) is 4.77. The highest BCUT2D eigenvalue weighted by Gasteiger charge is 2.43. The van der Waals surface area contributed by atoms with Crippen molar-refractivity contribution in [2.45, 2.75) is 46.1 Å². The van der Waals surface area contributed by atoms with E-state index in [2.05, 4.69) is 6.92 Å². The van der Waals surface area contributed by atoms with Crippen LogP contribution in [0.15, 0.2) is 57.7 Å². The fourth-order valence-corrected chi connectivity index (χ4v) is 5.68. The first-order chi connectivity index (χ1) is 20.3. The van der Waals surface area contributed by atoms with Crippen LogP contribution in [0, 0.1) is 13.8 Å². The molecule has 8 nitrogen and oxygen atoms in total. The number of methoxy groups -OCH3 is 3. The number of amides is 1. The first-order valence-corrected chi connectivity index (χ1v) is 14.2. The minimum Gasteiger partial charge on any atom is -0.493 e. The summed E-state index contributed by atoms with van der Waals surface area (Å²) in [6, 6.07) is 14.4. The molecule has 0 spiro atoms. The highest BCUT2D eigenvalue weighted by Crippen LogP contribution is 2.41. The van der Waals surface area contributed by atoms with E-state index >= 15 is 0 Å². The molecule has 1 atom stereocenters. The zero-order valence-electron chi connectivity index (χ0n) is 25.0. The summed E-state index contributed by atoms with van der Waals surface area (Å²) < 4.78 is 28.7. The number of ether oxygens (including phenoxy) is 4. The number of carbonyl (C=O) groups is 1. The predicted octanol–water partition coefficient (Wildman–Crippen LogP) is 6.40. The summed E-state index contributed by atoms with van der Waals surface area (Å²) in [5.41, 5.74) is 4.04. The molecule has 220 valence electrons. The zero-order valence-corrected chi connectivity index (χ0v) is 25.0. The SMILES string of the molecule is CCCCOc1ccc(C2c3c(oc4cc(C)cc(C)c4c3=O)C(=O)N2CCc2ccc(OC)c(OC)c2)cc1OC. The van der Waals surface area contributed by atoms with Crippen LogP contribution in [0.25, 0.3) is 11.0 Å². The van der Waals surface area contributed by atoms with Crippen LogP contribution in [0.3, 0.4) is 0 Å². The quantitative estimate of drug-likeness (QED) is 0.193. The first-order valence-electron chi connectivity index (χ1n) is 14.2. The Morgan fingerprint density at radius 1 is 0.857 bits per heavy atom. The standard InChI is InChI=1S/C34H37NO7/c1-7-8-15-41-25-12-10-23(19-27(25)40-6)31-30-32(36)29-21(3)16-20(2)17-28(29)42-33(30)34(37)35(31)14-13-22-9-11-24(38-4)26(18-22)39-5/h9-12,16-19,31H,7-8,13-15H2,1-6H3. The Bertz CT molecular complexity index is 1690. The number of unbranched alkanes of at least 4 members (excludes halogenated alkanes) is 1. The van der Waals surface area contributed by atoms with Gasteiger partial charge in [-0.2, -0.15) is 0 Å². The Labute approximate surface area is 245 Å². The molecule has 3 aromatic carbocycles. The van der Waals surface area contributed by atoms with E-state index in [0.717, 1.165) is 35.1 Å². The molecule has 1 aromatic heterocycles. The number of hydrogen-bond acceptors (Lipinski definition) is 7. The third-order valence-corrected chi connectivity index (χ3v) is 7.76. The van der Waals surface area contributed by atoms with Crippen LogP contribution in [0.1, 0.15) is 64.2 Å². The molecule has 0 radical (unpaired) electrons. The fraction of sp³-hybridized carbons (Fsp3) is 0.353. The van der Waals surface area contributed by atoms with Gasteiger partial charge in [-0.1, -0.05) is 31.5 Å². The van der Waals surface area contributed by atoms with E-state index in [9.17, 15) is 9.59 Å². The molecule has 0 aliphatic carbocycles. The van der Waals surface area contributed by atoms with Crippen molar-refractivity contribution >= 4 is 16.9 Å². The van der Waals surface area contributed by atoms with E-state index < -0.39 is 6.04 Å². The molecular formula is C34H37NO7. The van der Waals surface area contributed by atoms with Crippen LogP contribution < -0.4 is 24.4 Å². The summed E-state index contributed by atoms with van der Waals surface area (Å²) in [5, 5.41) is 0.491. The van der Waals surface area contributed by atoms with Gasteiger partial charge in [0.2, 0.25) is 5.76 Å². The number of rotatable bonds is 11. The second-order valence-electron chi connectivity index (χ2n) is 10.6. The predicted molar refractivity (Wildman–Crippen MR) is 161 cm³/mol. The molecule has 1 aliphatic rings. The highest BCUT2D eigenvalue weighted by molar-refractivity contribution is 5.99. The topological polar surface area (TPSA) is 87.4 Å². The molecule has 1 unspecified atom stereocenters. The van der Waals surface area contributed by atoms with E-state index in [-0.39, 0.29) is 17.1 Å². The molecule has 8 heteroatoms. The second-order valence-corrected chi connectivity index (χ2v) is 10.6. The Morgan fingerprint density at radius 3 is 2.29 bits per heavy atom. The van der Waals surface area contributed by atoms with Crippen LogP contribution >= 0.6 is 0 Å². The number of aryl methyl sites for hydroxylation is 2. The molecule has 1 amide bonds. The lowest BCUT2D eigenvalue weighted by molar-refractivity contribution is 0.0730. The van der Waals surface area contributed by atoms with Gasteiger partial charge in [-0.25, -0.2) is 0 Å². The summed E-state index contributed by atoms with van der Waals surface area (Å²) in [5.74, 6) is 2.16. The molecular weight excluding hydrogens is 534 g/mol. The summed E-state index contributed by atoms with van der Waals surface area (Å²) in [6.45, 7) is 6.85. The molecule has 0 fully saturated rings. The van der Waals surface area contributed by atoms with Crippen molar-refractivity contribution in [3.8, 4) is 23.0 Å². The normalized spacial score (nSPS) is 14.3. The Morgan fingerprint density at radius 2 is 1.57 bits per heavy atom. The van der Waals surface area contributed by atoms with Gasteiger partial charge in [0.15, 0.2) is 28.4 Å². The molecule has 2 heterocycles. The van der Waals surface area contributed by atoms with Gasteiger partial charge in [0.25, 0.3) is 5.91 Å². The van der Waals surface area contributed by atoms with Crippen LogP contribution in [-0.2, 0) is 6.42 Å². The van der Waals surface area contributed by atoms with E-state index in [4.69, 9.17) is 23.4 Å². The van der Waals surface area contributed by atoms with Gasteiger partial charge in [0, 0.05) is 6.54 Å². The Kier molecular flexibility index (Phi) is 8.43. The number of carbonyl (C=O) groups excluding carboxylic acids is 1. The minimum atomic E-state index is -0.660. The largest absolute Gasteiger partial charge is 0.493 e. The molecule has 0 N–H and O–H groups in total. The van der Waals surface area contributed by atoms with Gasteiger partial charge in [-0.3, -0.25) is 9.59 Å². The fourth-order valence-electron chi connectivity index (χ4n) is 5.68. The lowest BCUT2D eigenvalue weighted by atomic mass is 9.96. The number of hydrogen-bond donors (Lipinski definition) is 0. The summed E-state index contributed by atoms with van der Waals surface area (Å²) in [6.07, 6.45) is 2.46. The van der Waals surface area contributed by atoms with Gasteiger partial charge in [-0.05, 0) is 79.3 Å². The number of benzene rings is 3. The van der Waals surface area contributed by atoms with Crippen LogP contribution in [0.4, 0.5) is 0 Å². The molecule has 0 saturated carbocycles. The molecule has 42 heavy (non-hydrogen) atoms. The lowest BCUT2D eigenvalue weighted by Gasteiger charge is -2.26. The van der Waals surface area contributed by atoms with Gasteiger partial charge >= 0.3 is 0 Å². The van der Waals surface area contributed by atoms with Gasteiger partial charge in [0.1, 0.15) is 5.58 Å². The van der Waals surface area contributed by atoms with Crippen LogP contribution in [0.2, 0.25) is 0 Å². The maximum atomic E-state index is 14.1. The van der Waals surface area contributed by atoms with E-state index in [1.807, 2.05) is 62.4 Å². The van der Waals surface area contributed by atoms with Gasteiger partial charge in [0.05, 0.1) is 44.9 Å². The van der Waals surface area contributed by atoms with Crippen molar-refractivity contribution in [2.75, 3.05) is 34.5 Å². The molecule has 5 rings (SSSR count). The minimum absolute atomic E-state index is 0.0806. The van der Waals surface area contributed by atoms with Crippen molar-refractivity contribution < 1.29 is 28.2 Å². The van der Waals surface area contributed by atoms with Gasteiger partial charge < -0.3 is 28.3 Å². The van der Waals surface area contributed by atoms with Crippen molar-refractivity contribution in [2.24, 2.45) is 0 Å². The number of fused-ring (bicyclic) bond motifs is 2. The average molecular weight is 572 g/mol. The Hall–Kier alpha value is -4.46. The second kappa shape index (κ2) is 12.2. The van der Waals surface area contributed by atoms with Crippen molar-refractivity contribution in [3.05, 3.63) is 92.3 Å². The van der Waals surface area contributed by atoms with Gasteiger partial charge in [-0.15, -0.1) is 0 Å². The van der Waals surface area contributed by atoms with Crippen LogP contribution in [0.5, 0.6) is 23.0 Å². The first kappa shape index (κ1) is 29.0. The van der Waals surface area contributed by atoms with Crippen molar-refractivity contribution in [1.82, 2.24) is 4.90 Å². The third-order valence-electron chi connectivity index (χ3n) is 7.76. The smallest absolute Gasteiger partial charge is 0.290 e. The molecule has 1 aliphatic heterocycles. The van der Waals surface area contributed by atoms with Crippen molar-refractivity contribution in [3.63, 3.8) is 0 Å². The summed E-state index contributed by atoms with van der Waals surface area (Å²) in [4.78, 5) is 29.8. The highest BCUT2D eigenvalue weighted by atomic mass is 16.5. The Balaban J connectivity index is 1.61. The molecule has 0 saturated heterocycles. The number of nitrogens with zero attached hydrogens (tertiary/aromatic N) is 1. The molecule has 0 bridgehead atoms. The third kappa shape index (κ3) is 5.29. The maximum absolute atomic E-state index is 14.1. The monoisotopic (exact) mass is 571 g/mol. The average Bonchev–Trinajstić information content (AvgIpc) is 3.26. The van der Waals surface area contributed by atoms with Crippen LogP contribution in [-0.4, -0.2) is 45.3 Å². The summed E-state index contributed by atoms with van der Waals surface area (Å²) >= 11 is 0. The lowest BCUT2D eigenvalue weighted by Crippen LogP contribution is -2.31. The van der Waals surface area contributed by atoms with Crippen molar-refractivity contribution in [1.29, 1.82) is 0 Å². The zero-order chi connectivity index (χ0) is 30.0. The van der Waals surface area contributed by atoms with E-state index in [1.165, 1.54) is 0 Å². The van der Waals surface area contributed by atoms with E-state index in [0.29, 0.717) is 59.1 Å². The maximum Gasteiger partial charge on any atom is 0.290 e. The molecule has 4 aromatic rings. The van der Waals surface area contributed by atoms with E-state index in [1.54, 1.807) is 26.2 Å².